The minimum Gasteiger partial charge on any atom is -0.368 e. The van der Waals surface area contributed by atoms with E-state index >= 15 is 0 Å². The SMILES string of the molecule is Cc1ccc(C)c(S(=O)(=O)CCN2CCN(c3ccccc3Cl)CC2)c1. The molecule has 0 N–H and O–H groups in total. The Hall–Kier alpha value is -1.56. The Kier molecular flexibility index (Phi) is 5.90. The number of hydrogen-bond donors (Lipinski definition) is 0. The van der Waals surface area contributed by atoms with Crippen molar-refractivity contribution >= 4 is 27.1 Å². The summed E-state index contributed by atoms with van der Waals surface area (Å²) >= 11 is 6.28. The van der Waals surface area contributed by atoms with Gasteiger partial charge in [0.15, 0.2) is 9.84 Å². The van der Waals surface area contributed by atoms with Gasteiger partial charge in [-0.05, 0) is 43.2 Å². The van der Waals surface area contributed by atoms with Crippen molar-refractivity contribution in [3.8, 4) is 0 Å². The quantitative estimate of drug-likeness (QED) is 0.780. The van der Waals surface area contributed by atoms with E-state index in [1.165, 1.54) is 0 Å². The normalized spacial score (nSPS) is 16.0. The van der Waals surface area contributed by atoms with Crippen LogP contribution in [0.4, 0.5) is 5.69 Å². The lowest BCUT2D eigenvalue weighted by molar-refractivity contribution is 0.272. The third-order valence-electron chi connectivity index (χ3n) is 4.92. The van der Waals surface area contributed by atoms with Crippen LogP contribution in [-0.2, 0) is 9.84 Å². The highest BCUT2D eigenvalue weighted by molar-refractivity contribution is 7.91. The summed E-state index contributed by atoms with van der Waals surface area (Å²) in [5.74, 6) is 0.156. The van der Waals surface area contributed by atoms with Gasteiger partial charge in [-0.1, -0.05) is 35.9 Å². The molecule has 1 aliphatic rings. The molecule has 1 heterocycles. The van der Waals surface area contributed by atoms with Crippen LogP contribution >= 0.6 is 11.6 Å². The summed E-state index contributed by atoms with van der Waals surface area (Å²) in [5, 5.41) is 0.762. The van der Waals surface area contributed by atoms with E-state index in [9.17, 15) is 8.42 Å². The molecule has 0 radical (unpaired) electrons. The lowest BCUT2D eigenvalue weighted by Gasteiger charge is -2.36. The Morgan fingerprint density at radius 2 is 1.69 bits per heavy atom. The fourth-order valence-electron chi connectivity index (χ4n) is 3.32. The van der Waals surface area contributed by atoms with Gasteiger partial charge in [0.2, 0.25) is 0 Å². The highest BCUT2D eigenvalue weighted by atomic mass is 35.5. The van der Waals surface area contributed by atoms with E-state index in [0.29, 0.717) is 11.4 Å². The molecular weight excluding hydrogens is 368 g/mol. The van der Waals surface area contributed by atoms with E-state index in [2.05, 4.69) is 9.80 Å². The monoisotopic (exact) mass is 392 g/mol. The highest BCUT2D eigenvalue weighted by Crippen LogP contribution is 2.26. The van der Waals surface area contributed by atoms with Gasteiger partial charge in [-0.3, -0.25) is 4.90 Å². The molecule has 1 fully saturated rings. The third-order valence-corrected chi connectivity index (χ3v) is 7.07. The second-order valence-electron chi connectivity index (χ2n) is 6.87. The number of piperazine rings is 1. The van der Waals surface area contributed by atoms with Gasteiger partial charge in [-0.25, -0.2) is 8.42 Å². The van der Waals surface area contributed by atoms with E-state index < -0.39 is 9.84 Å². The Bertz CT molecular complexity index is 875. The van der Waals surface area contributed by atoms with Crippen LogP contribution in [0, 0.1) is 13.8 Å². The molecule has 0 atom stereocenters. The van der Waals surface area contributed by atoms with E-state index in [1.54, 1.807) is 6.07 Å². The van der Waals surface area contributed by atoms with Gasteiger partial charge in [0.1, 0.15) is 0 Å². The van der Waals surface area contributed by atoms with Crippen LogP contribution in [-0.4, -0.2) is 51.8 Å². The number of aryl methyl sites for hydroxylation is 2. The van der Waals surface area contributed by atoms with E-state index in [-0.39, 0.29) is 5.75 Å². The first-order valence-electron chi connectivity index (χ1n) is 8.89. The number of anilines is 1. The Morgan fingerprint density at radius 3 is 2.38 bits per heavy atom. The van der Waals surface area contributed by atoms with Crippen molar-refractivity contribution < 1.29 is 8.42 Å². The molecule has 0 aliphatic carbocycles. The first-order chi connectivity index (χ1) is 12.4. The molecule has 140 valence electrons. The maximum atomic E-state index is 12.7. The number of para-hydroxylation sites is 1. The van der Waals surface area contributed by atoms with Crippen molar-refractivity contribution in [1.29, 1.82) is 0 Å². The lowest BCUT2D eigenvalue weighted by atomic mass is 10.2. The molecule has 0 spiro atoms. The predicted molar refractivity (Wildman–Crippen MR) is 108 cm³/mol. The minimum atomic E-state index is -3.26. The fourth-order valence-corrected chi connectivity index (χ4v) is 5.22. The predicted octanol–water partition coefficient (Wildman–Crippen LogP) is 3.55. The molecule has 4 nitrogen and oxygen atoms in total. The summed E-state index contributed by atoms with van der Waals surface area (Å²) in [6.07, 6.45) is 0. The smallest absolute Gasteiger partial charge is 0.179 e. The molecule has 0 saturated carbocycles. The van der Waals surface area contributed by atoms with Gasteiger partial charge in [-0.15, -0.1) is 0 Å². The average molecular weight is 393 g/mol. The molecule has 6 heteroatoms. The summed E-state index contributed by atoms with van der Waals surface area (Å²) in [6, 6.07) is 13.5. The molecule has 2 aromatic rings. The van der Waals surface area contributed by atoms with Crippen LogP contribution in [0.3, 0.4) is 0 Å². The largest absolute Gasteiger partial charge is 0.368 e. The second-order valence-corrected chi connectivity index (χ2v) is 9.35. The topological polar surface area (TPSA) is 40.6 Å². The van der Waals surface area contributed by atoms with E-state index in [0.717, 1.165) is 48.0 Å². The van der Waals surface area contributed by atoms with Gasteiger partial charge in [0, 0.05) is 32.7 Å². The minimum absolute atomic E-state index is 0.156. The van der Waals surface area contributed by atoms with Crippen LogP contribution in [0.2, 0.25) is 5.02 Å². The standard InChI is InChI=1S/C20H25ClN2O2S/c1-16-7-8-17(2)20(15-16)26(24,25)14-13-22-9-11-23(12-10-22)19-6-4-3-5-18(19)21/h3-8,15H,9-14H2,1-2H3. The molecule has 0 aromatic heterocycles. The first kappa shape index (κ1) is 19.2. The van der Waals surface area contributed by atoms with Gasteiger partial charge in [0.25, 0.3) is 0 Å². The van der Waals surface area contributed by atoms with Crippen LogP contribution in [0.15, 0.2) is 47.4 Å². The molecule has 1 saturated heterocycles. The summed E-state index contributed by atoms with van der Waals surface area (Å²) in [6.45, 7) is 7.73. The maximum Gasteiger partial charge on any atom is 0.179 e. The van der Waals surface area contributed by atoms with Crippen molar-refractivity contribution in [3.63, 3.8) is 0 Å². The number of rotatable bonds is 5. The van der Waals surface area contributed by atoms with Crippen LogP contribution < -0.4 is 4.90 Å². The molecule has 0 bridgehead atoms. The first-order valence-corrected chi connectivity index (χ1v) is 10.9. The van der Waals surface area contributed by atoms with Crippen LogP contribution in [0.5, 0.6) is 0 Å². The third kappa shape index (κ3) is 4.40. The summed E-state index contributed by atoms with van der Waals surface area (Å²) in [7, 11) is -3.26. The maximum absolute atomic E-state index is 12.7. The summed E-state index contributed by atoms with van der Waals surface area (Å²) in [4.78, 5) is 4.95. The molecule has 0 unspecified atom stereocenters. The van der Waals surface area contributed by atoms with E-state index in [4.69, 9.17) is 11.6 Å². The number of benzene rings is 2. The summed E-state index contributed by atoms with van der Waals surface area (Å²) in [5.41, 5.74) is 2.85. The zero-order valence-electron chi connectivity index (χ0n) is 15.3. The van der Waals surface area contributed by atoms with E-state index in [1.807, 2.05) is 50.2 Å². The van der Waals surface area contributed by atoms with Gasteiger partial charge in [0.05, 0.1) is 21.4 Å². The summed E-state index contributed by atoms with van der Waals surface area (Å²) < 4.78 is 25.4. The molecule has 0 amide bonds. The van der Waals surface area contributed by atoms with Gasteiger partial charge >= 0.3 is 0 Å². The van der Waals surface area contributed by atoms with Crippen molar-refractivity contribution in [3.05, 3.63) is 58.6 Å². The zero-order valence-corrected chi connectivity index (χ0v) is 16.9. The highest BCUT2D eigenvalue weighted by Gasteiger charge is 2.22. The van der Waals surface area contributed by atoms with Crippen molar-refractivity contribution in [2.24, 2.45) is 0 Å². The lowest BCUT2D eigenvalue weighted by Crippen LogP contribution is -2.47. The van der Waals surface area contributed by atoms with Gasteiger partial charge < -0.3 is 4.90 Å². The molecule has 26 heavy (non-hydrogen) atoms. The molecule has 2 aromatic carbocycles. The van der Waals surface area contributed by atoms with Crippen molar-refractivity contribution in [2.75, 3.05) is 43.4 Å². The zero-order chi connectivity index (χ0) is 18.7. The van der Waals surface area contributed by atoms with Crippen molar-refractivity contribution in [2.45, 2.75) is 18.7 Å². The molecule has 3 rings (SSSR count). The average Bonchev–Trinajstić information content (AvgIpc) is 2.63. The molecular formula is C20H25ClN2O2S. The number of halogens is 1. The number of nitrogens with zero attached hydrogens (tertiary/aromatic N) is 2. The van der Waals surface area contributed by atoms with Crippen LogP contribution in [0.25, 0.3) is 0 Å². The van der Waals surface area contributed by atoms with Gasteiger partial charge in [-0.2, -0.15) is 0 Å². The van der Waals surface area contributed by atoms with Crippen molar-refractivity contribution in [1.82, 2.24) is 4.90 Å². The number of hydrogen-bond acceptors (Lipinski definition) is 4. The molecule has 1 aliphatic heterocycles. The Balaban J connectivity index is 1.58. The number of sulfone groups is 1. The Labute approximate surface area is 161 Å². The fraction of sp³-hybridized carbons (Fsp3) is 0.400. The Morgan fingerprint density at radius 1 is 1.00 bits per heavy atom. The second kappa shape index (κ2) is 7.99. The van der Waals surface area contributed by atoms with Crippen LogP contribution in [0.1, 0.15) is 11.1 Å².